The van der Waals surface area contributed by atoms with Gasteiger partial charge in [0, 0.05) is 12.2 Å². The number of nitrogens with zero attached hydrogens (tertiary/aromatic N) is 1. The molecule has 84 valence electrons. The lowest BCUT2D eigenvalue weighted by atomic mass is 9.98. The third-order valence-electron chi connectivity index (χ3n) is 2.80. The van der Waals surface area contributed by atoms with E-state index in [1.54, 1.807) is 6.20 Å². The maximum atomic E-state index is 11.7. The van der Waals surface area contributed by atoms with Gasteiger partial charge in [0.15, 0.2) is 0 Å². The minimum absolute atomic E-state index is 0.0475. The van der Waals surface area contributed by atoms with Crippen molar-refractivity contribution >= 4 is 5.91 Å². The maximum Gasteiger partial charge on any atom is 0.254 e. The largest absolute Gasteiger partial charge is 0.352 e. The van der Waals surface area contributed by atoms with Crippen molar-refractivity contribution in [3.8, 4) is 0 Å². The Kier molecular flexibility index (Phi) is 3.88. The minimum Gasteiger partial charge on any atom is -0.352 e. The van der Waals surface area contributed by atoms with Gasteiger partial charge in [-0.1, -0.05) is 20.8 Å². The van der Waals surface area contributed by atoms with Crippen molar-refractivity contribution in [3.05, 3.63) is 17.5 Å². The molecular formula is C11H19N3O. The molecule has 0 aliphatic carbocycles. The zero-order valence-corrected chi connectivity index (χ0v) is 9.79. The van der Waals surface area contributed by atoms with Crippen LogP contribution in [-0.2, 0) is 0 Å². The Balaban J connectivity index is 2.47. The molecule has 1 aromatic heterocycles. The summed E-state index contributed by atoms with van der Waals surface area (Å²) in [5.74, 6) is 1.02. The van der Waals surface area contributed by atoms with Crippen LogP contribution in [-0.4, -0.2) is 22.6 Å². The van der Waals surface area contributed by atoms with Crippen LogP contribution < -0.4 is 5.32 Å². The molecule has 1 heterocycles. The third kappa shape index (κ3) is 3.08. The molecule has 2 N–H and O–H groups in total. The number of aromatic amines is 1. The van der Waals surface area contributed by atoms with Crippen molar-refractivity contribution in [2.24, 2.45) is 11.8 Å². The lowest BCUT2D eigenvalue weighted by Crippen LogP contribution is -2.30. The molecule has 15 heavy (non-hydrogen) atoms. The van der Waals surface area contributed by atoms with E-state index in [1.807, 2.05) is 6.92 Å². The van der Waals surface area contributed by atoms with E-state index in [4.69, 9.17) is 0 Å². The van der Waals surface area contributed by atoms with Gasteiger partial charge in [-0.2, -0.15) is 5.10 Å². The van der Waals surface area contributed by atoms with Gasteiger partial charge < -0.3 is 5.32 Å². The normalized spacial score (nSPS) is 12.9. The van der Waals surface area contributed by atoms with E-state index >= 15 is 0 Å². The molecule has 0 spiro atoms. The number of hydrogen-bond donors (Lipinski definition) is 2. The Morgan fingerprint density at radius 2 is 2.20 bits per heavy atom. The predicted molar refractivity (Wildman–Crippen MR) is 59.7 cm³/mol. The first-order valence-electron chi connectivity index (χ1n) is 5.30. The van der Waals surface area contributed by atoms with Crippen LogP contribution in [0.25, 0.3) is 0 Å². The van der Waals surface area contributed by atoms with Crippen LogP contribution in [0.5, 0.6) is 0 Å². The van der Waals surface area contributed by atoms with E-state index in [9.17, 15) is 4.79 Å². The summed E-state index contributed by atoms with van der Waals surface area (Å²) >= 11 is 0. The topological polar surface area (TPSA) is 57.8 Å². The lowest BCUT2D eigenvalue weighted by molar-refractivity contribution is 0.0944. The Morgan fingerprint density at radius 1 is 1.53 bits per heavy atom. The summed E-state index contributed by atoms with van der Waals surface area (Å²) < 4.78 is 0. The van der Waals surface area contributed by atoms with Crippen LogP contribution in [0.3, 0.4) is 0 Å². The lowest BCUT2D eigenvalue weighted by Gasteiger charge is -2.15. The van der Waals surface area contributed by atoms with Gasteiger partial charge >= 0.3 is 0 Å². The zero-order valence-electron chi connectivity index (χ0n) is 9.79. The molecule has 0 aliphatic heterocycles. The standard InChI is InChI=1S/C11H19N3O/c1-7(2)8(3)5-12-11(15)10-6-13-14-9(10)4/h6-8H,5H2,1-4H3,(H,12,15)(H,13,14). The summed E-state index contributed by atoms with van der Waals surface area (Å²) in [7, 11) is 0. The van der Waals surface area contributed by atoms with Gasteiger partial charge in [0.2, 0.25) is 0 Å². The zero-order chi connectivity index (χ0) is 11.4. The van der Waals surface area contributed by atoms with Crippen molar-refractivity contribution in [2.75, 3.05) is 6.54 Å². The maximum absolute atomic E-state index is 11.7. The SMILES string of the molecule is Cc1[nH]ncc1C(=O)NCC(C)C(C)C. The molecule has 0 aromatic carbocycles. The number of H-pyrrole nitrogens is 1. The van der Waals surface area contributed by atoms with Crippen LogP contribution in [0.15, 0.2) is 6.20 Å². The molecule has 4 nitrogen and oxygen atoms in total. The molecule has 1 amide bonds. The smallest absolute Gasteiger partial charge is 0.254 e. The molecule has 1 unspecified atom stereocenters. The van der Waals surface area contributed by atoms with E-state index in [0.717, 1.165) is 5.69 Å². The van der Waals surface area contributed by atoms with Gasteiger partial charge in [-0.05, 0) is 18.8 Å². The fraction of sp³-hybridized carbons (Fsp3) is 0.636. The second-order valence-electron chi connectivity index (χ2n) is 4.34. The second kappa shape index (κ2) is 4.96. The van der Waals surface area contributed by atoms with Gasteiger partial charge in [0.1, 0.15) is 0 Å². The number of hydrogen-bond acceptors (Lipinski definition) is 2. The third-order valence-corrected chi connectivity index (χ3v) is 2.80. The average Bonchev–Trinajstić information content (AvgIpc) is 2.60. The minimum atomic E-state index is -0.0475. The fourth-order valence-electron chi connectivity index (χ4n) is 1.16. The molecule has 0 fully saturated rings. The molecular weight excluding hydrogens is 190 g/mol. The van der Waals surface area contributed by atoms with Gasteiger partial charge in [0.05, 0.1) is 11.8 Å². The monoisotopic (exact) mass is 209 g/mol. The first-order valence-corrected chi connectivity index (χ1v) is 5.30. The molecule has 0 bridgehead atoms. The summed E-state index contributed by atoms with van der Waals surface area (Å²) in [6.45, 7) is 8.99. The van der Waals surface area contributed by atoms with Crippen molar-refractivity contribution in [1.29, 1.82) is 0 Å². The second-order valence-corrected chi connectivity index (χ2v) is 4.34. The first kappa shape index (κ1) is 11.8. The molecule has 0 aliphatic rings. The van der Waals surface area contributed by atoms with Crippen LogP contribution in [0.1, 0.15) is 36.8 Å². The van der Waals surface area contributed by atoms with E-state index < -0.39 is 0 Å². The molecule has 0 saturated heterocycles. The Bertz CT molecular complexity index is 330. The number of carbonyl (C=O) groups excluding carboxylic acids is 1. The van der Waals surface area contributed by atoms with E-state index in [0.29, 0.717) is 23.9 Å². The first-order chi connectivity index (χ1) is 7.02. The Morgan fingerprint density at radius 3 is 2.67 bits per heavy atom. The highest BCUT2D eigenvalue weighted by Crippen LogP contribution is 2.08. The van der Waals surface area contributed by atoms with Crippen molar-refractivity contribution in [2.45, 2.75) is 27.7 Å². The fourth-order valence-corrected chi connectivity index (χ4v) is 1.16. The number of amides is 1. The van der Waals surface area contributed by atoms with Crippen LogP contribution >= 0.6 is 0 Å². The van der Waals surface area contributed by atoms with Crippen molar-refractivity contribution < 1.29 is 4.79 Å². The molecule has 1 atom stereocenters. The summed E-state index contributed by atoms with van der Waals surface area (Å²) in [4.78, 5) is 11.7. The van der Waals surface area contributed by atoms with Crippen molar-refractivity contribution in [1.82, 2.24) is 15.5 Å². The summed E-state index contributed by atoms with van der Waals surface area (Å²) in [6, 6.07) is 0. The summed E-state index contributed by atoms with van der Waals surface area (Å²) in [6.07, 6.45) is 1.56. The van der Waals surface area contributed by atoms with Gasteiger partial charge in [-0.25, -0.2) is 0 Å². The predicted octanol–water partition coefficient (Wildman–Crippen LogP) is 1.74. The Hall–Kier alpha value is -1.32. The summed E-state index contributed by atoms with van der Waals surface area (Å²) in [5, 5.41) is 9.48. The summed E-state index contributed by atoms with van der Waals surface area (Å²) in [5.41, 5.74) is 1.44. The highest BCUT2D eigenvalue weighted by molar-refractivity contribution is 5.94. The van der Waals surface area contributed by atoms with Gasteiger partial charge in [-0.3, -0.25) is 9.89 Å². The number of rotatable bonds is 4. The van der Waals surface area contributed by atoms with E-state index in [2.05, 4.69) is 36.3 Å². The van der Waals surface area contributed by atoms with Crippen LogP contribution in [0.2, 0.25) is 0 Å². The number of aromatic nitrogens is 2. The molecule has 0 saturated carbocycles. The highest BCUT2D eigenvalue weighted by atomic mass is 16.1. The van der Waals surface area contributed by atoms with Crippen molar-refractivity contribution in [3.63, 3.8) is 0 Å². The average molecular weight is 209 g/mol. The van der Waals surface area contributed by atoms with E-state index in [1.165, 1.54) is 0 Å². The molecule has 1 rings (SSSR count). The molecule has 4 heteroatoms. The van der Waals surface area contributed by atoms with Gasteiger partial charge in [-0.15, -0.1) is 0 Å². The van der Waals surface area contributed by atoms with E-state index in [-0.39, 0.29) is 5.91 Å². The number of aryl methyl sites for hydroxylation is 1. The molecule has 0 radical (unpaired) electrons. The Labute approximate surface area is 90.5 Å². The highest BCUT2D eigenvalue weighted by Gasteiger charge is 2.12. The number of carbonyl (C=O) groups is 1. The molecule has 1 aromatic rings. The number of nitrogens with one attached hydrogen (secondary N) is 2. The van der Waals surface area contributed by atoms with Gasteiger partial charge in [0.25, 0.3) is 5.91 Å². The quantitative estimate of drug-likeness (QED) is 0.793. The van der Waals surface area contributed by atoms with Crippen LogP contribution in [0, 0.1) is 18.8 Å². The van der Waals surface area contributed by atoms with Crippen LogP contribution in [0.4, 0.5) is 0 Å².